The molecule has 2 rings (SSSR count). The first kappa shape index (κ1) is 20.0. The van der Waals surface area contributed by atoms with E-state index in [1.807, 2.05) is 0 Å². The Morgan fingerprint density at radius 2 is 2.04 bits per heavy atom. The van der Waals surface area contributed by atoms with Crippen LogP contribution in [0.2, 0.25) is 0 Å². The molecule has 3 nitrogen and oxygen atoms in total. The molecule has 0 saturated heterocycles. The van der Waals surface area contributed by atoms with E-state index in [2.05, 4.69) is 43.6 Å². The van der Waals surface area contributed by atoms with Crippen LogP contribution < -0.4 is 5.32 Å². The lowest BCUT2D eigenvalue weighted by Crippen LogP contribution is -2.37. The van der Waals surface area contributed by atoms with Gasteiger partial charge in [-0.3, -0.25) is 9.79 Å². The number of hydrogen-bond acceptors (Lipinski definition) is 3. The summed E-state index contributed by atoms with van der Waals surface area (Å²) in [6.07, 6.45) is 9.53. The molecule has 0 aromatic heterocycles. The third-order valence-corrected chi connectivity index (χ3v) is 5.55. The lowest BCUT2D eigenvalue weighted by atomic mass is 9.86. The van der Waals surface area contributed by atoms with Gasteiger partial charge in [0.2, 0.25) is 5.91 Å². The summed E-state index contributed by atoms with van der Waals surface area (Å²) in [5.41, 5.74) is 3.54. The lowest BCUT2D eigenvalue weighted by molar-refractivity contribution is -0.123. The zero-order valence-corrected chi connectivity index (χ0v) is 16.8. The number of aliphatic imine (C=N–C) groups is 1. The van der Waals surface area contributed by atoms with Crippen LogP contribution in [-0.2, 0) is 11.2 Å². The van der Waals surface area contributed by atoms with Gasteiger partial charge in [0.1, 0.15) is 0 Å². The molecule has 0 aliphatic carbocycles. The van der Waals surface area contributed by atoms with Crippen LogP contribution in [0.4, 0.5) is 0 Å². The molecular formula is C21H32N2OS. The molecule has 25 heavy (non-hydrogen) atoms. The summed E-state index contributed by atoms with van der Waals surface area (Å²) < 4.78 is 0. The maximum absolute atomic E-state index is 12.8. The molecule has 0 spiro atoms. The number of fused-ring (bicyclic) bond motifs is 1. The van der Waals surface area contributed by atoms with Gasteiger partial charge >= 0.3 is 0 Å². The fourth-order valence-electron chi connectivity index (χ4n) is 3.34. The predicted octanol–water partition coefficient (Wildman–Crippen LogP) is 4.87. The zero-order valence-electron chi connectivity index (χ0n) is 15.9. The van der Waals surface area contributed by atoms with Crippen LogP contribution in [0, 0.1) is 5.92 Å². The number of carbonyl (C=O) groups is 1. The van der Waals surface area contributed by atoms with Crippen molar-refractivity contribution in [3.63, 3.8) is 0 Å². The van der Waals surface area contributed by atoms with Crippen LogP contribution in [0.15, 0.2) is 28.1 Å². The zero-order chi connectivity index (χ0) is 18.1. The van der Waals surface area contributed by atoms with Crippen molar-refractivity contribution in [2.24, 2.45) is 10.9 Å². The Bertz CT molecular complexity index is 598. The van der Waals surface area contributed by atoms with Gasteiger partial charge in [0.25, 0.3) is 0 Å². The number of rotatable bonds is 10. The summed E-state index contributed by atoms with van der Waals surface area (Å²) in [4.78, 5) is 18.9. The van der Waals surface area contributed by atoms with E-state index in [1.165, 1.54) is 28.9 Å². The van der Waals surface area contributed by atoms with Gasteiger partial charge in [-0.15, -0.1) is 11.8 Å². The summed E-state index contributed by atoms with van der Waals surface area (Å²) in [6, 6.07) is 6.59. The molecule has 1 aliphatic heterocycles. The van der Waals surface area contributed by atoms with Crippen molar-refractivity contribution in [1.29, 1.82) is 0 Å². The third-order valence-electron chi connectivity index (χ3n) is 4.82. The second-order valence-corrected chi connectivity index (χ2v) is 7.61. The molecule has 0 fully saturated rings. The van der Waals surface area contributed by atoms with Gasteiger partial charge < -0.3 is 5.32 Å². The molecule has 1 atom stereocenters. The van der Waals surface area contributed by atoms with Crippen molar-refractivity contribution in [1.82, 2.24) is 5.32 Å². The third kappa shape index (κ3) is 5.60. The number of nitrogens with one attached hydrogen (secondary N) is 1. The predicted molar refractivity (Wildman–Crippen MR) is 109 cm³/mol. The highest BCUT2D eigenvalue weighted by Gasteiger charge is 2.28. The minimum atomic E-state index is -0.110. The Labute approximate surface area is 157 Å². The number of benzene rings is 1. The average Bonchev–Trinajstić information content (AvgIpc) is 2.65. The van der Waals surface area contributed by atoms with Gasteiger partial charge in [-0.1, -0.05) is 45.6 Å². The first-order valence-electron chi connectivity index (χ1n) is 9.70. The molecule has 1 unspecified atom stereocenters. The molecule has 1 aromatic rings. The average molecular weight is 361 g/mol. The highest BCUT2D eigenvalue weighted by atomic mass is 32.2. The normalized spacial score (nSPS) is 14.6. The summed E-state index contributed by atoms with van der Waals surface area (Å²) in [6.45, 7) is 5.94. The van der Waals surface area contributed by atoms with Crippen molar-refractivity contribution in [3.05, 3.63) is 29.3 Å². The van der Waals surface area contributed by atoms with Crippen LogP contribution >= 0.6 is 11.8 Å². The summed E-state index contributed by atoms with van der Waals surface area (Å²) >= 11 is 1.77. The first-order valence-corrected chi connectivity index (χ1v) is 10.9. The molecule has 138 valence electrons. The molecule has 4 heteroatoms. The maximum Gasteiger partial charge on any atom is 0.229 e. The highest BCUT2D eigenvalue weighted by Crippen LogP contribution is 2.27. The molecule has 1 N–H and O–H groups in total. The molecule has 1 heterocycles. The summed E-state index contributed by atoms with van der Waals surface area (Å²) in [5, 5.41) is 3.15. The van der Waals surface area contributed by atoms with Crippen molar-refractivity contribution in [3.8, 4) is 0 Å². The highest BCUT2D eigenvalue weighted by molar-refractivity contribution is 7.98. The summed E-state index contributed by atoms with van der Waals surface area (Å²) in [7, 11) is 0. The van der Waals surface area contributed by atoms with Crippen molar-refractivity contribution in [2.45, 2.75) is 63.7 Å². The van der Waals surface area contributed by atoms with Crippen LogP contribution in [-0.4, -0.2) is 31.0 Å². The second-order valence-electron chi connectivity index (χ2n) is 6.73. The molecule has 0 radical (unpaired) electrons. The standard InChI is InChI=1S/C21H32N2OS/c1-4-6-8-13-23-21(24)19(9-7-5-2)20-18-11-10-17(25-3)15-16(18)12-14-22-20/h10-11,15,19H,4-9,12-14H2,1-3H3,(H,23,24). The fraction of sp³-hybridized carbons (Fsp3) is 0.619. The minimum Gasteiger partial charge on any atom is -0.356 e. The lowest BCUT2D eigenvalue weighted by Gasteiger charge is -2.24. The molecule has 0 bridgehead atoms. The SMILES string of the molecule is CCCCCNC(=O)C(CCCC)C1=NCCc2cc(SC)ccc21. The van der Waals surface area contributed by atoms with Gasteiger partial charge in [0.15, 0.2) is 0 Å². The van der Waals surface area contributed by atoms with Gasteiger partial charge in [0.05, 0.1) is 11.6 Å². The fourth-order valence-corrected chi connectivity index (χ4v) is 3.81. The number of hydrogen-bond donors (Lipinski definition) is 1. The Morgan fingerprint density at radius 3 is 2.76 bits per heavy atom. The Morgan fingerprint density at radius 1 is 1.24 bits per heavy atom. The van der Waals surface area contributed by atoms with Crippen molar-refractivity contribution in [2.75, 3.05) is 19.3 Å². The van der Waals surface area contributed by atoms with Crippen LogP contribution in [0.25, 0.3) is 0 Å². The van der Waals surface area contributed by atoms with E-state index in [0.29, 0.717) is 0 Å². The second kappa shape index (κ2) is 10.6. The smallest absolute Gasteiger partial charge is 0.229 e. The monoisotopic (exact) mass is 360 g/mol. The first-order chi connectivity index (χ1) is 12.2. The van der Waals surface area contributed by atoms with Gasteiger partial charge in [-0.05, 0) is 48.8 Å². The van der Waals surface area contributed by atoms with Gasteiger partial charge in [-0.25, -0.2) is 0 Å². The molecule has 1 aliphatic rings. The topological polar surface area (TPSA) is 41.5 Å². The number of amides is 1. The van der Waals surface area contributed by atoms with Crippen molar-refractivity contribution >= 4 is 23.4 Å². The van der Waals surface area contributed by atoms with Crippen LogP contribution in [0.5, 0.6) is 0 Å². The van der Waals surface area contributed by atoms with Gasteiger partial charge in [-0.2, -0.15) is 0 Å². The van der Waals surface area contributed by atoms with Crippen LogP contribution in [0.1, 0.15) is 63.5 Å². The molecular weight excluding hydrogens is 328 g/mol. The number of nitrogens with zero attached hydrogens (tertiary/aromatic N) is 1. The van der Waals surface area contributed by atoms with Gasteiger partial charge in [0, 0.05) is 18.0 Å². The van der Waals surface area contributed by atoms with E-state index in [-0.39, 0.29) is 11.8 Å². The Kier molecular flexibility index (Phi) is 8.53. The number of unbranched alkanes of at least 4 members (excludes halogenated alkanes) is 3. The van der Waals surface area contributed by atoms with E-state index >= 15 is 0 Å². The van der Waals surface area contributed by atoms with E-state index in [1.54, 1.807) is 11.8 Å². The molecule has 0 saturated carbocycles. The minimum absolute atomic E-state index is 0.110. The Balaban J connectivity index is 2.17. The van der Waals surface area contributed by atoms with E-state index in [4.69, 9.17) is 4.99 Å². The maximum atomic E-state index is 12.8. The van der Waals surface area contributed by atoms with Crippen LogP contribution in [0.3, 0.4) is 0 Å². The molecule has 1 aromatic carbocycles. The summed E-state index contributed by atoms with van der Waals surface area (Å²) in [5.74, 6) is 0.0471. The number of carbonyl (C=O) groups excluding carboxylic acids is 1. The van der Waals surface area contributed by atoms with E-state index in [9.17, 15) is 4.79 Å². The largest absolute Gasteiger partial charge is 0.356 e. The van der Waals surface area contributed by atoms with Crippen molar-refractivity contribution < 1.29 is 4.79 Å². The van der Waals surface area contributed by atoms with E-state index < -0.39 is 0 Å². The number of thioether (sulfide) groups is 1. The Hall–Kier alpha value is -1.29. The van der Waals surface area contributed by atoms with E-state index in [0.717, 1.165) is 50.9 Å². The quantitative estimate of drug-likeness (QED) is 0.478. The molecule has 1 amide bonds.